The number of rotatable bonds is 7. The maximum absolute atomic E-state index is 12.2. The molecular weight excluding hydrogens is 296 g/mol. The second-order valence-electron chi connectivity index (χ2n) is 7.00. The predicted molar refractivity (Wildman–Crippen MR) is 86.7 cm³/mol. The van der Waals surface area contributed by atoms with Crippen LogP contribution in [0.15, 0.2) is 4.52 Å². The second kappa shape index (κ2) is 6.26. The largest absolute Gasteiger partial charge is 0.361 e. The summed E-state index contributed by atoms with van der Waals surface area (Å²) in [6.45, 7) is 0. The van der Waals surface area contributed by atoms with Gasteiger partial charge in [-0.05, 0) is 56.8 Å². The van der Waals surface area contributed by atoms with E-state index < -0.39 is 0 Å². The first-order valence-corrected chi connectivity index (χ1v) is 9.80. The lowest BCUT2D eigenvalue weighted by Gasteiger charge is -2.17. The molecular formula is C17H24N2O2S. The number of nitrogens with zero attached hydrogens (tertiary/aromatic N) is 1. The maximum atomic E-state index is 12.2. The van der Waals surface area contributed by atoms with Gasteiger partial charge in [0.15, 0.2) is 0 Å². The first-order valence-electron chi connectivity index (χ1n) is 8.64. The number of thioether (sulfide) groups is 1. The number of nitrogens with one attached hydrogen (secondary N) is 1. The summed E-state index contributed by atoms with van der Waals surface area (Å²) in [5.74, 6) is 4.15. The predicted octanol–water partition coefficient (Wildman–Crippen LogP) is 3.09. The van der Waals surface area contributed by atoms with Crippen molar-refractivity contribution in [2.24, 2.45) is 11.8 Å². The molecule has 4 nitrogen and oxygen atoms in total. The standard InChI is InChI=1S/C17H24N2O2S/c20-16(18-17(11-5-6-11)12-7-8-12)10-22-9-14-13-3-1-2-4-15(13)21-19-14/h11-12,17H,1-10H2,(H,18,20). The van der Waals surface area contributed by atoms with Crippen molar-refractivity contribution in [1.29, 1.82) is 0 Å². The molecule has 1 amide bonds. The zero-order valence-corrected chi connectivity index (χ0v) is 13.8. The van der Waals surface area contributed by atoms with Crippen molar-refractivity contribution < 1.29 is 9.32 Å². The van der Waals surface area contributed by atoms with E-state index in [0.29, 0.717) is 11.8 Å². The highest BCUT2D eigenvalue weighted by Crippen LogP contribution is 2.44. The van der Waals surface area contributed by atoms with Gasteiger partial charge in [-0.1, -0.05) is 5.16 Å². The number of aryl methyl sites for hydroxylation is 1. The zero-order valence-electron chi connectivity index (χ0n) is 13.0. The molecule has 1 N–H and O–H groups in total. The molecule has 1 aromatic rings. The van der Waals surface area contributed by atoms with Gasteiger partial charge in [0.1, 0.15) is 5.76 Å². The van der Waals surface area contributed by atoms with Gasteiger partial charge in [-0.15, -0.1) is 11.8 Å². The number of hydrogen-bond acceptors (Lipinski definition) is 4. The molecule has 0 aliphatic heterocycles. The number of amides is 1. The first-order chi connectivity index (χ1) is 10.8. The van der Waals surface area contributed by atoms with Crippen molar-refractivity contribution in [3.63, 3.8) is 0 Å². The minimum absolute atomic E-state index is 0.200. The van der Waals surface area contributed by atoms with E-state index in [1.807, 2.05) is 0 Å². The van der Waals surface area contributed by atoms with E-state index in [4.69, 9.17) is 4.52 Å². The third kappa shape index (κ3) is 3.34. The Hall–Kier alpha value is -0.970. The molecule has 3 aliphatic carbocycles. The van der Waals surface area contributed by atoms with Crippen molar-refractivity contribution in [2.45, 2.75) is 63.2 Å². The van der Waals surface area contributed by atoms with E-state index in [0.717, 1.165) is 41.9 Å². The van der Waals surface area contributed by atoms with Crippen LogP contribution in [0.2, 0.25) is 0 Å². The molecule has 1 aromatic heterocycles. The Morgan fingerprint density at radius 2 is 1.95 bits per heavy atom. The summed E-state index contributed by atoms with van der Waals surface area (Å²) in [4.78, 5) is 12.2. The smallest absolute Gasteiger partial charge is 0.230 e. The van der Waals surface area contributed by atoms with E-state index >= 15 is 0 Å². The molecule has 22 heavy (non-hydrogen) atoms. The monoisotopic (exact) mass is 320 g/mol. The van der Waals surface area contributed by atoms with Crippen LogP contribution in [0.3, 0.4) is 0 Å². The number of fused-ring (bicyclic) bond motifs is 1. The fourth-order valence-electron chi connectivity index (χ4n) is 3.56. The SMILES string of the molecule is O=C(CSCc1noc2c1CCCC2)NC(C1CC1)C1CC1. The average molecular weight is 320 g/mol. The first kappa shape index (κ1) is 14.6. The van der Waals surface area contributed by atoms with Crippen molar-refractivity contribution in [2.75, 3.05) is 5.75 Å². The van der Waals surface area contributed by atoms with Crippen LogP contribution in [0.25, 0.3) is 0 Å². The van der Waals surface area contributed by atoms with Crippen LogP contribution in [0, 0.1) is 11.8 Å². The van der Waals surface area contributed by atoms with Crippen molar-refractivity contribution in [1.82, 2.24) is 10.5 Å². The van der Waals surface area contributed by atoms with E-state index in [1.54, 1.807) is 11.8 Å². The van der Waals surface area contributed by atoms with Gasteiger partial charge < -0.3 is 9.84 Å². The lowest BCUT2D eigenvalue weighted by Crippen LogP contribution is -2.39. The molecule has 5 heteroatoms. The molecule has 1 heterocycles. The fourth-order valence-corrected chi connectivity index (χ4v) is 4.35. The summed E-state index contributed by atoms with van der Waals surface area (Å²) >= 11 is 1.66. The summed E-state index contributed by atoms with van der Waals surface area (Å²) in [6, 6.07) is 0.466. The zero-order chi connectivity index (χ0) is 14.9. The van der Waals surface area contributed by atoms with E-state index in [2.05, 4.69) is 10.5 Å². The maximum Gasteiger partial charge on any atom is 0.230 e. The van der Waals surface area contributed by atoms with Crippen molar-refractivity contribution >= 4 is 17.7 Å². The summed E-state index contributed by atoms with van der Waals surface area (Å²) in [5.41, 5.74) is 2.38. The topological polar surface area (TPSA) is 55.1 Å². The van der Waals surface area contributed by atoms with Gasteiger partial charge in [0, 0.05) is 23.8 Å². The minimum atomic E-state index is 0.200. The molecule has 0 radical (unpaired) electrons. The molecule has 0 aromatic carbocycles. The van der Waals surface area contributed by atoms with Crippen molar-refractivity contribution in [3.05, 3.63) is 17.0 Å². The molecule has 2 fully saturated rings. The third-order valence-corrected chi connectivity index (χ3v) is 6.03. The molecule has 0 spiro atoms. The Kier molecular flexibility index (Phi) is 4.16. The lowest BCUT2D eigenvalue weighted by atomic mass is 9.97. The number of aromatic nitrogens is 1. The van der Waals surface area contributed by atoms with Gasteiger partial charge >= 0.3 is 0 Å². The highest BCUT2D eigenvalue weighted by atomic mass is 32.2. The third-order valence-electron chi connectivity index (χ3n) is 5.09. The number of carbonyl (C=O) groups excluding carboxylic acids is 1. The molecule has 3 aliphatic rings. The quantitative estimate of drug-likeness (QED) is 0.839. The second-order valence-corrected chi connectivity index (χ2v) is 7.98. The van der Waals surface area contributed by atoms with Crippen LogP contribution < -0.4 is 5.32 Å². The van der Waals surface area contributed by atoms with Crippen LogP contribution >= 0.6 is 11.8 Å². The van der Waals surface area contributed by atoms with Gasteiger partial charge in [-0.3, -0.25) is 4.79 Å². The molecule has 2 saturated carbocycles. The lowest BCUT2D eigenvalue weighted by molar-refractivity contribution is -0.119. The number of hydrogen-bond donors (Lipinski definition) is 1. The molecule has 120 valence electrons. The Bertz CT molecular complexity index is 537. The van der Waals surface area contributed by atoms with E-state index in [9.17, 15) is 4.79 Å². The van der Waals surface area contributed by atoms with Gasteiger partial charge in [-0.2, -0.15) is 0 Å². The molecule has 0 bridgehead atoms. The molecule has 0 unspecified atom stereocenters. The molecule has 0 atom stereocenters. The highest BCUT2D eigenvalue weighted by Gasteiger charge is 2.42. The minimum Gasteiger partial charge on any atom is -0.361 e. The van der Waals surface area contributed by atoms with E-state index in [1.165, 1.54) is 44.1 Å². The average Bonchev–Trinajstić information content (AvgIpc) is 3.44. The van der Waals surface area contributed by atoms with Crippen LogP contribution in [0.4, 0.5) is 0 Å². The van der Waals surface area contributed by atoms with Crippen LogP contribution in [-0.4, -0.2) is 22.9 Å². The van der Waals surface area contributed by atoms with Gasteiger partial charge in [0.25, 0.3) is 0 Å². The fraction of sp³-hybridized carbons (Fsp3) is 0.765. The molecule has 4 rings (SSSR count). The Balaban J connectivity index is 1.24. The van der Waals surface area contributed by atoms with Crippen LogP contribution in [0.1, 0.15) is 55.5 Å². The van der Waals surface area contributed by atoms with Crippen molar-refractivity contribution in [3.8, 4) is 0 Å². The Labute approximate surface area is 135 Å². The summed E-state index contributed by atoms with van der Waals surface area (Å²) in [5, 5.41) is 7.48. The summed E-state index contributed by atoms with van der Waals surface area (Å²) < 4.78 is 5.42. The Morgan fingerprint density at radius 3 is 2.68 bits per heavy atom. The van der Waals surface area contributed by atoms with Crippen LogP contribution in [0.5, 0.6) is 0 Å². The Morgan fingerprint density at radius 1 is 1.23 bits per heavy atom. The van der Waals surface area contributed by atoms with Gasteiger partial charge in [0.05, 0.1) is 11.4 Å². The molecule has 0 saturated heterocycles. The summed E-state index contributed by atoms with van der Waals surface area (Å²) in [6.07, 6.45) is 9.78. The van der Waals surface area contributed by atoms with Gasteiger partial charge in [-0.25, -0.2) is 0 Å². The van der Waals surface area contributed by atoms with Crippen LogP contribution in [-0.2, 0) is 23.4 Å². The summed E-state index contributed by atoms with van der Waals surface area (Å²) in [7, 11) is 0. The number of carbonyl (C=O) groups is 1. The highest BCUT2D eigenvalue weighted by molar-refractivity contribution is 7.99. The van der Waals surface area contributed by atoms with Gasteiger partial charge in [0.2, 0.25) is 5.91 Å². The van der Waals surface area contributed by atoms with E-state index in [-0.39, 0.29) is 5.91 Å². The normalized spacial score (nSPS) is 21.0.